The van der Waals surface area contributed by atoms with Gasteiger partial charge in [0.05, 0.1) is 16.3 Å². The third-order valence-corrected chi connectivity index (χ3v) is 5.49. The molecule has 0 amide bonds. The number of nitrogens with zero attached hydrogens (tertiary/aromatic N) is 3. The maximum absolute atomic E-state index is 10.9. The van der Waals surface area contributed by atoms with Crippen molar-refractivity contribution in [1.82, 2.24) is 4.57 Å². The number of allylic oxidation sites excluding steroid dienone is 1. The van der Waals surface area contributed by atoms with Crippen LogP contribution in [0, 0.1) is 0 Å². The Balaban J connectivity index is 1.88. The molecule has 1 aliphatic rings. The molecule has 4 nitrogen and oxygen atoms in total. The van der Waals surface area contributed by atoms with Crippen LogP contribution in [-0.4, -0.2) is 15.4 Å². The molecule has 3 aromatic rings. The third kappa shape index (κ3) is 3.26. The van der Waals surface area contributed by atoms with E-state index in [0.29, 0.717) is 0 Å². The maximum atomic E-state index is 10.9. The Morgan fingerprint density at radius 1 is 1.07 bits per heavy atom. The lowest BCUT2D eigenvalue weighted by molar-refractivity contribution is 0.393. The molecule has 0 spiro atoms. The average Bonchev–Trinajstić information content (AvgIpc) is 3.13. The molecule has 0 saturated carbocycles. The summed E-state index contributed by atoms with van der Waals surface area (Å²) in [6.45, 7) is 6.10. The Bertz CT molecular complexity index is 1120. The Morgan fingerprint density at radius 2 is 1.78 bits per heavy atom. The highest BCUT2D eigenvalue weighted by Crippen LogP contribution is 2.37. The summed E-state index contributed by atoms with van der Waals surface area (Å²) in [5.74, 6) is 0.245. The number of benzene rings is 2. The monoisotopic (exact) mass is 375 g/mol. The van der Waals surface area contributed by atoms with E-state index in [2.05, 4.69) is 11.1 Å². The van der Waals surface area contributed by atoms with Gasteiger partial charge in [-0.25, -0.2) is 4.99 Å². The lowest BCUT2D eigenvalue weighted by Gasteiger charge is -2.08. The number of aliphatic imine (C=N–C) groups is 1. The van der Waals surface area contributed by atoms with Crippen molar-refractivity contribution < 1.29 is 5.11 Å². The van der Waals surface area contributed by atoms with Crippen LogP contribution in [0.15, 0.2) is 64.6 Å². The molecule has 0 bridgehead atoms. The largest absolute Gasteiger partial charge is 0.493 e. The molecule has 0 fully saturated rings. The van der Waals surface area contributed by atoms with Crippen molar-refractivity contribution in [3.63, 3.8) is 0 Å². The van der Waals surface area contributed by atoms with E-state index in [0.717, 1.165) is 37.9 Å². The van der Waals surface area contributed by atoms with Gasteiger partial charge in [0.15, 0.2) is 4.80 Å². The van der Waals surface area contributed by atoms with Gasteiger partial charge in [0.25, 0.3) is 0 Å². The van der Waals surface area contributed by atoms with Crippen LogP contribution in [0.1, 0.15) is 37.3 Å². The first kappa shape index (κ1) is 17.5. The topological polar surface area (TPSA) is 49.9 Å². The van der Waals surface area contributed by atoms with Crippen LogP contribution < -0.4 is 4.80 Å². The van der Waals surface area contributed by atoms with Crippen molar-refractivity contribution in [3.05, 3.63) is 69.8 Å². The molecule has 1 aromatic heterocycles. The second kappa shape index (κ2) is 7.00. The third-order valence-electron chi connectivity index (χ3n) is 4.50. The number of rotatable bonds is 3. The predicted octanol–water partition coefficient (Wildman–Crippen LogP) is 5.72. The van der Waals surface area contributed by atoms with Crippen molar-refractivity contribution >= 4 is 40.1 Å². The first-order chi connectivity index (χ1) is 13.0. The van der Waals surface area contributed by atoms with Crippen molar-refractivity contribution in [1.29, 1.82) is 0 Å². The van der Waals surface area contributed by atoms with Gasteiger partial charge < -0.3 is 5.11 Å². The Morgan fingerprint density at radius 3 is 2.52 bits per heavy atom. The average molecular weight is 375 g/mol. The minimum Gasteiger partial charge on any atom is -0.493 e. The van der Waals surface area contributed by atoms with Gasteiger partial charge in [0.1, 0.15) is 0 Å². The lowest BCUT2D eigenvalue weighted by atomic mass is 10.0. The van der Waals surface area contributed by atoms with Crippen molar-refractivity contribution in [2.24, 2.45) is 9.98 Å². The van der Waals surface area contributed by atoms with E-state index in [1.165, 1.54) is 11.3 Å². The fraction of sp³-hybridized carbons (Fsp3) is 0.182. The van der Waals surface area contributed by atoms with Gasteiger partial charge in [-0.3, -0.25) is 9.56 Å². The standard InChI is InChI=1S/C22H21N3OS/c1-14(2)25-21(26)20(27-22(25)24-16-9-5-4-6-10-16)13-18-15(3)23-19-12-8-7-11-17(18)19/h4-14,26H,1-3H3. The van der Waals surface area contributed by atoms with E-state index >= 15 is 0 Å². The van der Waals surface area contributed by atoms with Crippen LogP contribution in [-0.2, 0) is 0 Å². The summed E-state index contributed by atoms with van der Waals surface area (Å²) in [5, 5.41) is 10.9. The predicted molar refractivity (Wildman–Crippen MR) is 113 cm³/mol. The minimum absolute atomic E-state index is 0.0986. The Kier molecular flexibility index (Phi) is 4.54. The molecule has 5 heteroatoms. The van der Waals surface area contributed by atoms with Crippen LogP contribution in [0.25, 0.3) is 11.6 Å². The van der Waals surface area contributed by atoms with Crippen molar-refractivity contribution in [2.45, 2.75) is 26.8 Å². The summed E-state index contributed by atoms with van der Waals surface area (Å²) >= 11 is 1.49. The summed E-state index contributed by atoms with van der Waals surface area (Å²) < 4.78 is 1.87. The molecular formula is C22H21N3OS. The molecular weight excluding hydrogens is 354 g/mol. The van der Waals surface area contributed by atoms with E-state index in [4.69, 9.17) is 4.99 Å². The second-order valence-electron chi connectivity index (χ2n) is 6.76. The molecule has 0 atom stereocenters. The fourth-order valence-electron chi connectivity index (χ4n) is 3.20. The zero-order chi connectivity index (χ0) is 19.0. The summed E-state index contributed by atoms with van der Waals surface area (Å²) in [5.41, 5.74) is 4.95. The van der Waals surface area contributed by atoms with E-state index in [-0.39, 0.29) is 11.9 Å². The zero-order valence-corrected chi connectivity index (χ0v) is 16.4. The maximum Gasteiger partial charge on any atom is 0.211 e. The number of fused-ring (bicyclic) bond motifs is 1. The van der Waals surface area contributed by atoms with Crippen LogP contribution in [0.5, 0.6) is 5.88 Å². The van der Waals surface area contributed by atoms with Crippen molar-refractivity contribution in [3.8, 4) is 5.88 Å². The van der Waals surface area contributed by atoms with Gasteiger partial charge in [-0.2, -0.15) is 0 Å². The Hall–Kier alpha value is -2.92. The van der Waals surface area contributed by atoms with E-state index in [1.807, 2.05) is 79.9 Å². The normalized spacial score (nSPS) is 15.5. The number of para-hydroxylation sites is 2. The molecule has 0 aliphatic carbocycles. The highest BCUT2D eigenvalue weighted by Gasteiger charge is 2.20. The molecule has 1 N–H and O–H groups in total. The zero-order valence-electron chi connectivity index (χ0n) is 15.5. The number of thiazole rings is 1. The van der Waals surface area contributed by atoms with Gasteiger partial charge in [0, 0.05) is 22.9 Å². The van der Waals surface area contributed by atoms with Crippen LogP contribution in [0.3, 0.4) is 0 Å². The lowest BCUT2D eigenvalue weighted by Crippen LogP contribution is -2.16. The van der Waals surface area contributed by atoms with Gasteiger partial charge in [-0.15, -0.1) is 0 Å². The molecule has 2 heterocycles. The SMILES string of the molecule is CC1=Nc2ccccc2C1=Cc1sc(=Nc2ccccc2)n(C(C)C)c1O. The molecule has 0 unspecified atom stereocenters. The number of aromatic nitrogens is 1. The highest BCUT2D eigenvalue weighted by molar-refractivity contribution is 7.10. The number of hydrogen-bond acceptors (Lipinski definition) is 4. The van der Waals surface area contributed by atoms with Crippen LogP contribution in [0.2, 0.25) is 0 Å². The number of aromatic hydroxyl groups is 1. The molecule has 27 heavy (non-hydrogen) atoms. The first-order valence-electron chi connectivity index (χ1n) is 8.95. The minimum atomic E-state index is 0.0986. The van der Waals surface area contributed by atoms with Crippen LogP contribution >= 0.6 is 11.3 Å². The van der Waals surface area contributed by atoms with E-state index < -0.39 is 0 Å². The molecule has 0 saturated heterocycles. The van der Waals surface area contributed by atoms with E-state index in [9.17, 15) is 5.11 Å². The Labute approximate surface area is 162 Å². The summed E-state index contributed by atoms with van der Waals surface area (Å²) in [6.07, 6.45) is 2.02. The molecule has 136 valence electrons. The highest BCUT2D eigenvalue weighted by atomic mass is 32.1. The van der Waals surface area contributed by atoms with Gasteiger partial charge in [0.2, 0.25) is 5.88 Å². The fourth-order valence-corrected chi connectivity index (χ4v) is 4.31. The first-order valence-corrected chi connectivity index (χ1v) is 9.77. The molecule has 0 radical (unpaired) electrons. The molecule has 2 aromatic carbocycles. The summed E-state index contributed by atoms with van der Waals surface area (Å²) in [6, 6.07) is 18.0. The van der Waals surface area contributed by atoms with Crippen molar-refractivity contribution in [2.75, 3.05) is 0 Å². The number of hydrogen-bond donors (Lipinski definition) is 1. The second-order valence-corrected chi connectivity index (χ2v) is 7.77. The van der Waals surface area contributed by atoms with Crippen LogP contribution in [0.4, 0.5) is 11.4 Å². The summed E-state index contributed by atoms with van der Waals surface area (Å²) in [4.78, 5) is 10.9. The quantitative estimate of drug-likeness (QED) is 0.626. The molecule has 4 rings (SSSR count). The van der Waals surface area contributed by atoms with Gasteiger partial charge in [-0.05, 0) is 45.0 Å². The van der Waals surface area contributed by atoms with E-state index in [1.54, 1.807) is 0 Å². The molecule has 1 aliphatic heterocycles. The smallest absolute Gasteiger partial charge is 0.211 e. The summed E-state index contributed by atoms with van der Waals surface area (Å²) in [7, 11) is 0. The van der Waals surface area contributed by atoms with Gasteiger partial charge >= 0.3 is 0 Å². The van der Waals surface area contributed by atoms with Gasteiger partial charge in [-0.1, -0.05) is 47.7 Å².